The molecule has 0 aliphatic carbocycles. The zero-order valence-corrected chi connectivity index (χ0v) is 11.3. The Morgan fingerprint density at radius 1 is 1.58 bits per heavy atom. The van der Waals surface area contributed by atoms with E-state index < -0.39 is 11.9 Å². The number of hydrogen-bond donors (Lipinski definition) is 2. The van der Waals surface area contributed by atoms with Gasteiger partial charge in [-0.2, -0.15) is 0 Å². The maximum atomic E-state index is 11.4. The zero-order valence-electron chi connectivity index (χ0n) is 10.5. The number of halogens is 1. The van der Waals surface area contributed by atoms with Crippen molar-refractivity contribution < 1.29 is 14.6 Å². The fourth-order valence-electron chi connectivity index (χ4n) is 2.30. The molecule has 2 rings (SSSR count). The predicted octanol–water partition coefficient (Wildman–Crippen LogP) is 2.27. The van der Waals surface area contributed by atoms with Gasteiger partial charge in [0.2, 0.25) is 0 Å². The fourth-order valence-corrected chi connectivity index (χ4v) is 2.48. The second kappa shape index (κ2) is 6.73. The molecule has 1 aliphatic rings. The second-order valence-corrected chi connectivity index (χ2v) is 5.02. The maximum absolute atomic E-state index is 11.4. The largest absolute Gasteiger partial charge is 0.481 e. The van der Waals surface area contributed by atoms with E-state index in [0.717, 1.165) is 12.8 Å². The van der Waals surface area contributed by atoms with E-state index in [0.29, 0.717) is 30.6 Å². The first-order chi connectivity index (χ1) is 9.18. The van der Waals surface area contributed by atoms with Crippen LogP contribution in [0.5, 0.6) is 0 Å². The lowest BCUT2D eigenvalue weighted by Crippen LogP contribution is -2.34. The van der Waals surface area contributed by atoms with Gasteiger partial charge >= 0.3 is 5.97 Å². The molecule has 1 aromatic rings. The van der Waals surface area contributed by atoms with Crippen LogP contribution < -0.4 is 5.32 Å². The summed E-state index contributed by atoms with van der Waals surface area (Å²) in [5, 5.41) is 12.9. The Hall–Kier alpha value is -1.33. The Balaban J connectivity index is 1.97. The van der Waals surface area contributed by atoms with Gasteiger partial charge in [0.15, 0.2) is 0 Å². The molecular weight excluding hydrogens is 268 g/mol. The van der Waals surface area contributed by atoms with Gasteiger partial charge in [0.1, 0.15) is 5.82 Å². The molecule has 1 aromatic heterocycles. The summed E-state index contributed by atoms with van der Waals surface area (Å²) in [4.78, 5) is 15.5. The summed E-state index contributed by atoms with van der Waals surface area (Å²) in [5.41, 5.74) is 0. The lowest BCUT2D eigenvalue weighted by atomic mass is 9.86. The van der Waals surface area contributed by atoms with Gasteiger partial charge < -0.3 is 15.2 Å². The van der Waals surface area contributed by atoms with Gasteiger partial charge in [0.05, 0.1) is 10.9 Å². The average Bonchev–Trinajstić information content (AvgIpc) is 2.42. The monoisotopic (exact) mass is 284 g/mol. The minimum absolute atomic E-state index is 0.140. The quantitative estimate of drug-likeness (QED) is 0.868. The normalized spacial score (nSPS) is 17.9. The molecule has 1 unspecified atom stereocenters. The van der Waals surface area contributed by atoms with Gasteiger partial charge in [-0.3, -0.25) is 4.79 Å². The number of carbonyl (C=O) groups is 1. The summed E-state index contributed by atoms with van der Waals surface area (Å²) in [6.07, 6.45) is 3.20. The van der Waals surface area contributed by atoms with E-state index in [-0.39, 0.29) is 5.92 Å². The third-order valence-corrected chi connectivity index (χ3v) is 3.71. The van der Waals surface area contributed by atoms with Crippen LogP contribution in [-0.2, 0) is 9.53 Å². The van der Waals surface area contributed by atoms with Crippen LogP contribution in [0.1, 0.15) is 12.8 Å². The first kappa shape index (κ1) is 14.1. The zero-order chi connectivity index (χ0) is 13.7. The van der Waals surface area contributed by atoms with Crippen LogP contribution in [0, 0.1) is 11.8 Å². The standard InChI is InChI=1S/C13H17ClN2O3/c14-11-2-1-5-15-12(11)16-8-10(13(17)18)9-3-6-19-7-4-9/h1-2,5,9-10H,3-4,6-8H2,(H,15,16)(H,17,18). The minimum Gasteiger partial charge on any atom is -0.481 e. The van der Waals surface area contributed by atoms with E-state index in [9.17, 15) is 9.90 Å². The van der Waals surface area contributed by atoms with Gasteiger partial charge in [0, 0.05) is 26.0 Å². The van der Waals surface area contributed by atoms with Gasteiger partial charge in [-0.1, -0.05) is 11.6 Å². The number of ether oxygens (including phenoxy) is 1. The van der Waals surface area contributed by atoms with Crippen molar-refractivity contribution in [1.82, 2.24) is 4.98 Å². The van der Waals surface area contributed by atoms with Crippen LogP contribution in [-0.4, -0.2) is 35.8 Å². The Morgan fingerprint density at radius 3 is 2.95 bits per heavy atom. The number of rotatable bonds is 5. The first-order valence-electron chi connectivity index (χ1n) is 6.33. The van der Waals surface area contributed by atoms with E-state index in [1.807, 2.05) is 0 Å². The molecule has 2 heterocycles. The van der Waals surface area contributed by atoms with Crippen molar-refractivity contribution in [2.75, 3.05) is 25.1 Å². The molecule has 2 N–H and O–H groups in total. The SMILES string of the molecule is O=C(O)C(CNc1ncccc1Cl)C1CCOCC1. The summed E-state index contributed by atoms with van der Waals surface area (Å²) in [7, 11) is 0. The Morgan fingerprint density at radius 2 is 2.32 bits per heavy atom. The number of carboxylic acids is 1. The van der Waals surface area contributed by atoms with Gasteiger partial charge in [-0.05, 0) is 30.9 Å². The molecule has 5 nitrogen and oxygen atoms in total. The number of nitrogens with zero attached hydrogens (tertiary/aromatic N) is 1. The third-order valence-electron chi connectivity index (χ3n) is 3.40. The summed E-state index contributed by atoms with van der Waals surface area (Å²) >= 11 is 5.98. The summed E-state index contributed by atoms with van der Waals surface area (Å²) in [6, 6.07) is 3.46. The topological polar surface area (TPSA) is 71.5 Å². The number of hydrogen-bond acceptors (Lipinski definition) is 4. The molecule has 19 heavy (non-hydrogen) atoms. The molecule has 104 valence electrons. The molecule has 0 spiro atoms. The smallest absolute Gasteiger partial charge is 0.308 e. The Bertz CT molecular complexity index is 436. The van der Waals surface area contributed by atoms with Crippen molar-refractivity contribution in [3.63, 3.8) is 0 Å². The van der Waals surface area contributed by atoms with E-state index in [4.69, 9.17) is 16.3 Å². The molecule has 1 aliphatic heterocycles. The molecule has 0 radical (unpaired) electrons. The molecule has 0 aromatic carbocycles. The van der Waals surface area contributed by atoms with Crippen molar-refractivity contribution in [3.05, 3.63) is 23.4 Å². The van der Waals surface area contributed by atoms with Crippen molar-refractivity contribution in [3.8, 4) is 0 Å². The van der Waals surface area contributed by atoms with Crippen molar-refractivity contribution in [2.24, 2.45) is 11.8 Å². The molecular formula is C13H17ClN2O3. The molecule has 0 bridgehead atoms. The van der Waals surface area contributed by atoms with Crippen LogP contribution in [0.3, 0.4) is 0 Å². The maximum Gasteiger partial charge on any atom is 0.308 e. The summed E-state index contributed by atoms with van der Waals surface area (Å²) < 4.78 is 5.26. The van der Waals surface area contributed by atoms with Gasteiger partial charge in [-0.25, -0.2) is 4.98 Å². The Labute approximate surface area is 116 Å². The summed E-state index contributed by atoms with van der Waals surface area (Å²) in [5.74, 6) is -0.558. The average molecular weight is 285 g/mol. The highest BCUT2D eigenvalue weighted by atomic mass is 35.5. The van der Waals surface area contributed by atoms with E-state index >= 15 is 0 Å². The highest BCUT2D eigenvalue weighted by Crippen LogP contribution is 2.25. The highest BCUT2D eigenvalue weighted by Gasteiger charge is 2.29. The van der Waals surface area contributed by atoms with Crippen molar-refractivity contribution in [1.29, 1.82) is 0 Å². The van der Waals surface area contributed by atoms with E-state index in [1.165, 1.54) is 0 Å². The third kappa shape index (κ3) is 3.81. The Kier molecular flexibility index (Phi) is 4.99. The van der Waals surface area contributed by atoms with Crippen LogP contribution >= 0.6 is 11.6 Å². The first-order valence-corrected chi connectivity index (χ1v) is 6.71. The van der Waals surface area contributed by atoms with Crippen LogP contribution in [0.4, 0.5) is 5.82 Å². The number of aromatic nitrogens is 1. The lowest BCUT2D eigenvalue weighted by Gasteiger charge is -2.27. The fraction of sp³-hybridized carbons (Fsp3) is 0.538. The summed E-state index contributed by atoms with van der Waals surface area (Å²) in [6.45, 7) is 1.61. The molecule has 0 amide bonds. The number of carboxylic acid groups (broad SMARTS) is 1. The number of pyridine rings is 1. The highest BCUT2D eigenvalue weighted by molar-refractivity contribution is 6.32. The predicted molar refractivity (Wildman–Crippen MR) is 72.4 cm³/mol. The van der Waals surface area contributed by atoms with Gasteiger partial charge in [0.25, 0.3) is 0 Å². The molecule has 6 heteroatoms. The van der Waals surface area contributed by atoms with E-state index in [2.05, 4.69) is 10.3 Å². The van der Waals surface area contributed by atoms with E-state index in [1.54, 1.807) is 18.3 Å². The second-order valence-electron chi connectivity index (χ2n) is 4.61. The van der Waals surface area contributed by atoms with Crippen LogP contribution in [0.25, 0.3) is 0 Å². The van der Waals surface area contributed by atoms with Crippen LogP contribution in [0.15, 0.2) is 18.3 Å². The number of nitrogens with one attached hydrogen (secondary N) is 1. The molecule has 1 atom stereocenters. The van der Waals surface area contributed by atoms with Crippen LogP contribution in [0.2, 0.25) is 5.02 Å². The number of anilines is 1. The van der Waals surface area contributed by atoms with Gasteiger partial charge in [-0.15, -0.1) is 0 Å². The van der Waals surface area contributed by atoms with Crippen molar-refractivity contribution >= 4 is 23.4 Å². The van der Waals surface area contributed by atoms with Crippen molar-refractivity contribution in [2.45, 2.75) is 12.8 Å². The molecule has 1 fully saturated rings. The lowest BCUT2D eigenvalue weighted by molar-refractivity contribution is -0.144. The molecule has 0 saturated carbocycles. The molecule has 1 saturated heterocycles. The minimum atomic E-state index is -0.786. The number of aliphatic carboxylic acids is 1.